The number of nitrogens with zero attached hydrogens (tertiary/aromatic N) is 3. The fraction of sp³-hybridized carbons (Fsp3) is 0.364. The van der Waals surface area contributed by atoms with E-state index in [1.165, 1.54) is 113 Å². The molecule has 8 aromatic rings. The first kappa shape index (κ1) is 44.0. The topological polar surface area (TPSA) is 11.4 Å². The second kappa shape index (κ2) is 13.8. The molecule has 4 unspecified atom stereocenters. The van der Waals surface area contributed by atoms with E-state index in [9.17, 15) is 0 Å². The summed E-state index contributed by atoms with van der Waals surface area (Å²) in [5.74, 6) is 0. The first-order chi connectivity index (χ1) is 33.7. The lowest BCUT2D eigenvalue weighted by molar-refractivity contribution is 0.215. The Balaban J connectivity index is 1.18. The number of hydrogen-bond acceptors (Lipinski definition) is 2. The van der Waals surface area contributed by atoms with Crippen molar-refractivity contribution in [2.75, 3.05) is 9.80 Å². The molecule has 4 atom stereocenters. The van der Waals surface area contributed by atoms with Gasteiger partial charge < -0.3 is 14.4 Å². The van der Waals surface area contributed by atoms with Gasteiger partial charge >= 0.3 is 0 Å². The molecule has 2 aliphatic carbocycles. The second-order valence-electron chi connectivity index (χ2n) is 26.6. The molecule has 0 N–H and O–H groups in total. The van der Waals surface area contributed by atoms with Gasteiger partial charge in [-0.05, 0) is 142 Å². The Morgan fingerprint density at radius 3 is 1.99 bits per heavy atom. The van der Waals surface area contributed by atoms with Gasteiger partial charge in [0.05, 0.1) is 24.7 Å². The Morgan fingerprint density at radius 2 is 1.24 bits per heavy atom. The van der Waals surface area contributed by atoms with Gasteiger partial charge in [0.15, 0.2) is 0 Å². The summed E-state index contributed by atoms with van der Waals surface area (Å²) in [6, 6.07) is 54.3. The van der Waals surface area contributed by atoms with Crippen LogP contribution in [0.4, 0.5) is 22.7 Å². The van der Waals surface area contributed by atoms with Crippen LogP contribution in [0.25, 0.3) is 27.5 Å². The molecule has 4 aliphatic heterocycles. The van der Waals surface area contributed by atoms with Crippen LogP contribution >= 0.6 is 0 Å². The van der Waals surface area contributed by atoms with Crippen molar-refractivity contribution in [3.8, 4) is 5.69 Å². The molecule has 1 fully saturated rings. The molecule has 5 heterocycles. The molecule has 5 heteroatoms. The molecule has 3 nitrogen and oxygen atoms in total. The van der Waals surface area contributed by atoms with Crippen molar-refractivity contribution in [2.24, 2.45) is 0 Å². The number of aryl methyl sites for hydroxylation is 1. The van der Waals surface area contributed by atoms with Crippen LogP contribution in [0.3, 0.4) is 0 Å². The number of anilines is 4. The minimum Gasteiger partial charge on any atom is -0.335 e. The molecular weight excluding hydrogens is 874 g/mol. The third kappa shape index (κ3) is 5.32. The van der Waals surface area contributed by atoms with Crippen LogP contribution in [0.2, 0.25) is 19.6 Å². The van der Waals surface area contributed by atoms with Crippen LogP contribution < -0.4 is 31.4 Å². The zero-order chi connectivity index (χ0) is 49.2. The maximum absolute atomic E-state index is 2.99. The second-order valence-corrected chi connectivity index (χ2v) is 31.7. The fourth-order valence-electron chi connectivity index (χ4n) is 16.0. The van der Waals surface area contributed by atoms with E-state index in [2.05, 4.69) is 230 Å². The normalized spacial score (nSPS) is 24.7. The highest BCUT2D eigenvalue weighted by molar-refractivity contribution is 7.01. The van der Waals surface area contributed by atoms with Crippen molar-refractivity contribution in [2.45, 2.75) is 153 Å². The number of para-hydroxylation sites is 1. The highest BCUT2D eigenvalue weighted by Gasteiger charge is 2.65. The van der Waals surface area contributed by atoms with E-state index >= 15 is 0 Å². The summed E-state index contributed by atoms with van der Waals surface area (Å²) >= 11 is 0. The molecule has 71 heavy (non-hydrogen) atoms. The lowest BCUT2D eigenvalue weighted by atomic mass is 9.33. The molecule has 0 radical (unpaired) electrons. The molecule has 356 valence electrons. The first-order valence-corrected chi connectivity index (χ1v) is 30.6. The molecule has 0 bridgehead atoms. The third-order valence-electron chi connectivity index (χ3n) is 19.9. The van der Waals surface area contributed by atoms with Gasteiger partial charge in [0.2, 0.25) is 0 Å². The van der Waals surface area contributed by atoms with Crippen molar-refractivity contribution >= 4 is 80.9 Å². The van der Waals surface area contributed by atoms with E-state index in [-0.39, 0.29) is 39.5 Å². The van der Waals surface area contributed by atoms with Gasteiger partial charge in [0.1, 0.15) is 0 Å². The Morgan fingerprint density at radius 1 is 0.563 bits per heavy atom. The number of hydrogen-bond donors (Lipinski definition) is 0. The highest BCUT2D eigenvalue weighted by atomic mass is 28.3. The van der Waals surface area contributed by atoms with Crippen LogP contribution in [0.15, 0.2) is 133 Å². The molecular formula is C66H70BN3Si. The van der Waals surface area contributed by atoms with E-state index in [1.807, 2.05) is 0 Å². The molecule has 7 aromatic carbocycles. The summed E-state index contributed by atoms with van der Waals surface area (Å²) < 4.78 is 2.76. The average Bonchev–Trinajstić information content (AvgIpc) is 3.88. The Labute approximate surface area is 424 Å². The lowest BCUT2D eigenvalue weighted by Gasteiger charge is -2.54. The van der Waals surface area contributed by atoms with Gasteiger partial charge in [-0.2, -0.15) is 0 Å². The predicted molar refractivity (Wildman–Crippen MR) is 307 cm³/mol. The summed E-state index contributed by atoms with van der Waals surface area (Å²) in [5, 5.41) is 4.34. The maximum Gasteiger partial charge on any atom is 0.252 e. The van der Waals surface area contributed by atoms with Gasteiger partial charge in [-0.15, -0.1) is 0 Å². The van der Waals surface area contributed by atoms with E-state index in [0.29, 0.717) is 0 Å². The molecule has 6 aliphatic rings. The zero-order valence-electron chi connectivity index (χ0n) is 44.4. The predicted octanol–water partition coefficient (Wildman–Crippen LogP) is 14.1. The minimum absolute atomic E-state index is 0.0132. The lowest BCUT2D eigenvalue weighted by Crippen LogP contribution is -2.65. The Bertz CT molecular complexity index is 3640. The first-order valence-electron chi connectivity index (χ1n) is 27.1. The zero-order valence-corrected chi connectivity index (χ0v) is 45.4. The fourth-order valence-corrected chi connectivity index (χ4v) is 17.2. The SMILES string of the molecule is CC(C)(C)c1ccc2c(c1)c1cc(C(C)(C)C)cc3c1n2-c1cc(N2c4ccccc4C4(C)CCc5ccccc5C24C)cc2c1B3c1cc([Si](C)(C)C)cc3c1N2C1(C)CCCCC31c1ccccc1. The summed E-state index contributed by atoms with van der Waals surface area (Å²) in [5.41, 5.74) is 23.5. The molecule has 1 saturated carbocycles. The van der Waals surface area contributed by atoms with Crippen molar-refractivity contribution in [3.05, 3.63) is 172 Å². The number of fused-ring (bicyclic) bond motifs is 15. The van der Waals surface area contributed by atoms with E-state index in [1.54, 1.807) is 10.8 Å². The Kier molecular flexibility index (Phi) is 8.57. The van der Waals surface area contributed by atoms with Crippen LogP contribution in [0.5, 0.6) is 0 Å². The van der Waals surface area contributed by atoms with E-state index < -0.39 is 8.07 Å². The van der Waals surface area contributed by atoms with Crippen molar-refractivity contribution in [1.82, 2.24) is 4.57 Å². The Hall–Kier alpha value is -5.78. The smallest absolute Gasteiger partial charge is 0.252 e. The summed E-state index contributed by atoms with van der Waals surface area (Å²) in [4.78, 5) is 5.83. The van der Waals surface area contributed by atoms with Crippen LogP contribution in [-0.2, 0) is 33.6 Å². The highest BCUT2D eigenvalue weighted by Crippen LogP contribution is 2.67. The van der Waals surface area contributed by atoms with Crippen LogP contribution in [-0.4, -0.2) is 24.9 Å². The van der Waals surface area contributed by atoms with Gasteiger partial charge in [-0.3, -0.25) is 0 Å². The van der Waals surface area contributed by atoms with E-state index in [4.69, 9.17) is 0 Å². The van der Waals surface area contributed by atoms with Gasteiger partial charge in [-0.25, -0.2) is 0 Å². The minimum atomic E-state index is -1.84. The maximum atomic E-state index is 2.99. The molecule has 0 spiro atoms. The van der Waals surface area contributed by atoms with Crippen LogP contribution in [0, 0.1) is 0 Å². The largest absolute Gasteiger partial charge is 0.335 e. The molecule has 14 rings (SSSR count). The number of benzene rings is 7. The van der Waals surface area contributed by atoms with Gasteiger partial charge in [-0.1, -0.05) is 183 Å². The van der Waals surface area contributed by atoms with Gasteiger partial charge in [0, 0.05) is 55.6 Å². The molecule has 1 aromatic heterocycles. The average molecular weight is 944 g/mol. The van der Waals surface area contributed by atoms with Crippen molar-refractivity contribution in [1.29, 1.82) is 0 Å². The van der Waals surface area contributed by atoms with Crippen LogP contribution in [0.1, 0.15) is 133 Å². The number of aromatic nitrogens is 1. The van der Waals surface area contributed by atoms with Crippen molar-refractivity contribution in [3.63, 3.8) is 0 Å². The molecule has 0 amide bonds. The molecule has 0 saturated heterocycles. The third-order valence-corrected chi connectivity index (χ3v) is 21.9. The van der Waals surface area contributed by atoms with Crippen molar-refractivity contribution < 1.29 is 0 Å². The van der Waals surface area contributed by atoms with Gasteiger partial charge in [0.25, 0.3) is 6.71 Å². The summed E-state index contributed by atoms with van der Waals surface area (Å²) in [7, 11) is -1.84. The summed E-state index contributed by atoms with van der Waals surface area (Å²) in [6.45, 7) is 30.0. The quantitative estimate of drug-likeness (QED) is 0.164. The van der Waals surface area contributed by atoms with E-state index in [0.717, 1.165) is 25.7 Å². The standard InChI is InChI=1S/C66H70BN3Si/c1-61(2,3)43-28-29-54-47(34-43)48-35-44(62(4,5)6)36-52-59(48)68(54)56-37-45(69-55-27-19-18-26-50(55)63(7)33-30-41-22-16-17-25-49(41)65(63,69)9)38-57-58(56)67(52)53-40-46(71(10,11)12)39-51-60(53)70(57)64(8)31-20-21-32-66(51,64)42-23-14-13-15-24-42/h13-19,22-29,34-40H,20-21,30-33H2,1-12H3. The number of rotatable bonds is 3. The monoisotopic (exact) mass is 944 g/mol. The summed E-state index contributed by atoms with van der Waals surface area (Å²) in [6.07, 6.45) is 6.93.